The highest BCUT2D eigenvalue weighted by atomic mass is 19.3. The van der Waals surface area contributed by atoms with Crippen molar-refractivity contribution in [3.8, 4) is 11.1 Å². The van der Waals surface area contributed by atoms with Crippen LogP contribution in [0.1, 0.15) is 73.0 Å². The maximum atomic E-state index is 14.2. The summed E-state index contributed by atoms with van der Waals surface area (Å²) in [7, 11) is 3.68. The number of halogens is 3. The number of carbonyl (C=O) groups excluding carboxylic acids is 1. The number of aliphatic carboxylic acids is 1. The van der Waals surface area contributed by atoms with Gasteiger partial charge >= 0.3 is 5.97 Å². The van der Waals surface area contributed by atoms with Crippen LogP contribution in [0.3, 0.4) is 0 Å². The Bertz CT molecular complexity index is 1770. The number of hydrogen-bond donors (Lipinski definition) is 2. The van der Waals surface area contributed by atoms with Gasteiger partial charge in [-0.25, -0.2) is 18.2 Å². The van der Waals surface area contributed by atoms with Gasteiger partial charge in [-0.15, -0.1) is 0 Å². The van der Waals surface area contributed by atoms with Crippen molar-refractivity contribution in [2.75, 3.05) is 20.6 Å². The first-order valence-corrected chi connectivity index (χ1v) is 15.1. The molecular weight excluding hydrogens is 599 g/mol. The zero-order chi connectivity index (χ0) is 33.9. The van der Waals surface area contributed by atoms with Crippen LogP contribution in [-0.4, -0.2) is 56.5 Å². The van der Waals surface area contributed by atoms with Gasteiger partial charge in [0.05, 0.1) is 18.0 Å². The average molecular weight is 640 g/mol. The average Bonchev–Trinajstić information content (AvgIpc) is 3.43. The van der Waals surface area contributed by atoms with Crippen molar-refractivity contribution < 1.29 is 27.9 Å². The molecule has 0 bridgehead atoms. The molecule has 0 aliphatic rings. The predicted molar refractivity (Wildman–Crippen MR) is 170 cm³/mol. The number of hydrogen-bond acceptors (Lipinski definition) is 5. The second-order valence-corrected chi connectivity index (χ2v) is 12.4. The highest BCUT2D eigenvalue weighted by Crippen LogP contribution is 2.34. The number of likely N-dealkylation sites (N-methyl/N-ethyl adjacent to an activating group) is 1. The molecule has 0 saturated carbocycles. The van der Waals surface area contributed by atoms with Gasteiger partial charge in [-0.1, -0.05) is 13.8 Å². The number of aryl methyl sites for hydroxylation is 2. The van der Waals surface area contributed by atoms with Gasteiger partial charge in [-0.2, -0.15) is 0 Å². The molecule has 0 aliphatic carbocycles. The molecule has 3 heterocycles. The Balaban J connectivity index is 1.82. The van der Waals surface area contributed by atoms with E-state index in [0.29, 0.717) is 46.4 Å². The fraction of sp³-hybridized carbons (Fsp3) is 0.412. The smallest absolute Gasteiger partial charge is 0.305 e. The fourth-order valence-electron chi connectivity index (χ4n) is 5.82. The van der Waals surface area contributed by atoms with E-state index in [4.69, 9.17) is 0 Å². The minimum absolute atomic E-state index is 0.112. The molecule has 0 saturated heterocycles. The molecule has 2 atom stereocenters. The summed E-state index contributed by atoms with van der Waals surface area (Å²) < 4.78 is 45.0. The lowest BCUT2D eigenvalue weighted by Gasteiger charge is -2.26. The molecule has 46 heavy (non-hydrogen) atoms. The summed E-state index contributed by atoms with van der Waals surface area (Å²) in [4.78, 5) is 45.8. The van der Waals surface area contributed by atoms with E-state index in [9.17, 15) is 32.7 Å². The van der Waals surface area contributed by atoms with E-state index in [2.05, 4.69) is 10.3 Å². The number of nitrogens with one attached hydrogen (secondary N) is 1. The molecule has 0 radical (unpaired) electrons. The molecule has 12 heteroatoms. The van der Waals surface area contributed by atoms with Crippen molar-refractivity contribution in [1.29, 1.82) is 0 Å². The Kier molecular flexibility index (Phi) is 10.7. The van der Waals surface area contributed by atoms with Crippen molar-refractivity contribution in [3.63, 3.8) is 0 Å². The van der Waals surface area contributed by atoms with Gasteiger partial charge in [0, 0.05) is 36.9 Å². The first kappa shape index (κ1) is 34.4. The topological polar surface area (TPSA) is 109 Å². The number of amides is 1. The number of carbonyl (C=O) groups is 2. The number of alkyl halides is 2. The first-order chi connectivity index (χ1) is 21.7. The highest BCUT2D eigenvalue weighted by Gasteiger charge is 2.30. The van der Waals surface area contributed by atoms with E-state index in [1.807, 2.05) is 32.8 Å². The normalized spacial score (nSPS) is 13.1. The van der Waals surface area contributed by atoms with E-state index in [-0.39, 0.29) is 12.3 Å². The van der Waals surface area contributed by atoms with Crippen molar-refractivity contribution in [2.45, 2.75) is 65.5 Å². The third-order valence-electron chi connectivity index (χ3n) is 7.92. The monoisotopic (exact) mass is 639 g/mol. The van der Waals surface area contributed by atoms with Crippen molar-refractivity contribution in [1.82, 2.24) is 24.2 Å². The van der Waals surface area contributed by atoms with Gasteiger partial charge in [-0.05, 0) is 98.8 Å². The van der Waals surface area contributed by atoms with Gasteiger partial charge in [0.2, 0.25) is 5.91 Å². The van der Waals surface area contributed by atoms with E-state index in [1.165, 1.54) is 24.4 Å². The number of carboxylic acid groups (broad SMARTS) is 1. The molecule has 0 unspecified atom stereocenters. The summed E-state index contributed by atoms with van der Waals surface area (Å²) in [5, 5.41) is 12.7. The van der Waals surface area contributed by atoms with Gasteiger partial charge in [0.1, 0.15) is 17.5 Å². The SMILES string of the molecule is Cc1cc(F)cc(C)c1-c1cc([C@H](CC(=O)O)NC(=O)[C@@H](CC(C)C)n2cc(CCN(C)C)cc(C(F)F)c2=O)cn2ccnc12. The lowest BCUT2D eigenvalue weighted by Crippen LogP contribution is -2.41. The predicted octanol–water partition coefficient (Wildman–Crippen LogP) is 5.88. The number of rotatable bonds is 13. The quantitative estimate of drug-likeness (QED) is 0.189. The van der Waals surface area contributed by atoms with Gasteiger partial charge in [0.25, 0.3) is 12.0 Å². The van der Waals surface area contributed by atoms with Gasteiger partial charge in [0.15, 0.2) is 0 Å². The van der Waals surface area contributed by atoms with Crippen LogP contribution in [0.15, 0.2) is 53.8 Å². The second-order valence-electron chi connectivity index (χ2n) is 12.4. The van der Waals surface area contributed by atoms with Crippen molar-refractivity contribution >= 4 is 17.5 Å². The Labute approximate surface area is 265 Å². The molecule has 4 aromatic rings. The summed E-state index contributed by atoms with van der Waals surface area (Å²) in [6, 6.07) is 3.47. The van der Waals surface area contributed by atoms with Gasteiger partial charge < -0.3 is 24.3 Å². The molecule has 4 rings (SSSR count). The Morgan fingerprint density at radius 3 is 2.33 bits per heavy atom. The van der Waals surface area contributed by atoms with Crippen LogP contribution in [0.2, 0.25) is 0 Å². The molecule has 1 aromatic carbocycles. The number of imidazole rings is 1. The van der Waals surface area contributed by atoms with E-state index in [0.717, 1.165) is 10.1 Å². The molecule has 246 valence electrons. The minimum atomic E-state index is -3.04. The summed E-state index contributed by atoms with van der Waals surface area (Å²) in [5.41, 5.74) is 2.45. The van der Waals surface area contributed by atoms with Crippen LogP contribution in [0.5, 0.6) is 0 Å². The number of benzene rings is 1. The number of fused-ring (bicyclic) bond motifs is 1. The van der Waals surface area contributed by atoms with E-state index >= 15 is 0 Å². The molecule has 2 N–H and O–H groups in total. The summed E-state index contributed by atoms with van der Waals surface area (Å²) in [6.07, 6.45) is 3.35. The molecule has 9 nitrogen and oxygen atoms in total. The molecule has 0 aliphatic heterocycles. The maximum absolute atomic E-state index is 14.2. The van der Waals surface area contributed by atoms with Crippen molar-refractivity contribution in [3.05, 3.63) is 93.0 Å². The van der Waals surface area contributed by atoms with Crippen LogP contribution in [0.4, 0.5) is 13.2 Å². The van der Waals surface area contributed by atoms with Crippen LogP contribution in [0.25, 0.3) is 16.8 Å². The first-order valence-electron chi connectivity index (χ1n) is 15.1. The number of nitrogens with zero attached hydrogens (tertiary/aromatic N) is 4. The third kappa shape index (κ3) is 7.85. The number of carboxylic acids is 1. The summed E-state index contributed by atoms with van der Waals surface area (Å²) in [5.74, 6) is -2.36. The molecular formula is C34H40F3N5O4. The standard InChI is InChI=1S/C34H40F3N5O4/c1-19(2)11-28(42-17-22(7-9-40(5)6)14-26(31(36)37)34(42)46)33(45)39-27(16-29(43)44)23-15-25(32-38-8-10-41(32)18-23)30-20(3)12-24(35)13-21(30)4/h8,10,12-15,17-19,27-28,31H,7,9,11,16H2,1-6H3,(H,39,45)(H,43,44)/t27-,28+/m0/s1. The van der Waals surface area contributed by atoms with Crippen LogP contribution in [0, 0.1) is 25.6 Å². The second kappa shape index (κ2) is 14.3. The maximum Gasteiger partial charge on any atom is 0.305 e. The Hall–Kier alpha value is -4.45. The van der Waals surface area contributed by atoms with Crippen LogP contribution < -0.4 is 10.9 Å². The van der Waals surface area contributed by atoms with E-state index in [1.54, 1.807) is 42.9 Å². The van der Waals surface area contributed by atoms with Crippen LogP contribution >= 0.6 is 0 Å². The fourth-order valence-corrected chi connectivity index (χ4v) is 5.82. The Morgan fingerprint density at radius 1 is 1.07 bits per heavy atom. The lowest BCUT2D eigenvalue weighted by atomic mass is 9.93. The molecule has 0 spiro atoms. The zero-order valence-electron chi connectivity index (χ0n) is 26.9. The lowest BCUT2D eigenvalue weighted by molar-refractivity contribution is -0.138. The van der Waals surface area contributed by atoms with E-state index < -0.39 is 53.7 Å². The minimum Gasteiger partial charge on any atom is -0.481 e. The molecule has 3 aromatic heterocycles. The zero-order valence-corrected chi connectivity index (χ0v) is 26.9. The molecule has 0 fully saturated rings. The largest absolute Gasteiger partial charge is 0.481 e. The van der Waals surface area contributed by atoms with Crippen molar-refractivity contribution in [2.24, 2.45) is 5.92 Å². The third-order valence-corrected chi connectivity index (χ3v) is 7.92. The molecule has 1 amide bonds. The highest BCUT2D eigenvalue weighted by molar-refractivity contribution is 5.84. The number of aromatic nitrogens is 3. The number of pyridine rings is 2. The van der Waals surface area contributed by atoms with Gasteiger partial charge in [-0.3, -0.25) is 14.4 Å². The summed E-state index contributed by atoms with van der Waals surface area (Å²) >= 11 is 0. The Morgan fingerprint density at radius 2 is 1.74 bits per heavy atom. The summed E-state index contributed by atoms with van der Waals surface area (Å²) in [6.45, 7) is 7.76. The van der Waals surface area contributed by atoms with Crippen LogP contribution in [-0.2, 0) is 16.0 Å².